The Morgan fingerprint density at radius 3 is 2.71 bits per heavy atom. The summed E-state index contributed by atoms with van der Waals surface area (Å²) in [6.45, 7) is 4.81. The van der Waals surface area contributed by atoms with Gasteiger partial charge < -0.3 is 10.5 Å². The van der Waals surface area contributed by atoms with E-state index in [1.54, 1.807) is 12.1 Å². The van der Waals surface area contributed by atoms with Crippen LogP contribution in [0.15, 0.2) is 18.2 Å². The van der Waals surface area contributed by atoms with Crippen LogP contribution in [0.2, 0.25) is 0 Å². The minimum absolute atomic E-state index is 0.215. The molecule has 3 heteroatoms. The quantitative estimate of drug-likeness (QED) is 0.628. The highest BCUT2D eigenvalue weighted by Crippen LogP contribution is 2.34. The molecule has 1 aromatic carbocycles. The van der Waals surface area contributed by atoms with Crippen molar-refractivity contribution in [3.05, 3.63) is 23.8 Å². The molecule has 1 aliphatic rings. The molecule has 1 aliphatic carbocycles. The monoisotopic (exact) mass is 233 g/mol. The third-order valence-corrected chi connectivity index (χ3v) is 2.81. The second-order valence-electron chi connectivity index (χ2n) is 5.10. The SMILES string of the molecule is CC(C)COc1ccc(C(=O)C2CC2)cc1N. The van der Waals surface area contributed by atoms with E-state index >= 15 is 0 Å². The second-order valence-corrected chi connectivity index (χ2v) is 5.10. The number of hydrogen-bond acceptors (Lipinski definition) is 3. The van der Waals surface area contributed by atoms with Crippen LogP contribution in [0.3, 0.4) is 0 Å². The van der Waals surface area contributed by atoms with Gasteiger partial charge in [-0.15, -0.1) is 0 Å². The maximum absolute atomic E-state index is 11.8. The first kappa shape index (κ1) is 12.0. The predicted octanol–water partition coefficient (Wildman–Crippen LogP) is 2.90. The lowest BCUT2D eigenvalue weighted by Crippen LogP contribution is -2.07. The molecule has 0 bridgehead atoms. The van der Waals surface area contributed by atoms with E-state index in [1.807, 2.05) is 6.07 Å². The average Bonchev–Trinajstić information content (AvgIpc) is 3.10. The molecule has 1 fully saturated rings. The van der Waals surface area contributed by atoms with E-state index in [4.69, 9.17) is 10.5 Å². The summed E-state index contributed by atoms with van der Waals surface area (Å²) < 4.78 is 5.57. The van der Waals surface area contributed by atoms with Crippen LogP contribution in [0.5, 0.6) is 5.75 Å². The highest BCUT2D eigenvalue weighted by atomic mass is 16.5. The van der Waals surface area contributed by atoms with E-state index in [0.29, 0.717) is 29.5 Å². The Morgan fingerprint density at radius 1 is 1.47 bits per heavy atom. The largest absolute Gasteiger partial charge is 0.491 e. The summed E-state index contributed by atoms with van der Waals surface area (Å²) in [6.07, 6.45) is 2.04. The molecule has 0 saturated heterocycles. The van der Waals surface area contributed by atoms with Gasteiger partial charge in [0.15, 0.2) is 5.78 Å². The number of nitrogen functional groups attached to an aromatic ring is 1. The summed E-state index contributed by atoms with van der Waals surface area (Å²) >= 11 is 0. The highest BCUT2D eigenvalue weighted by molar-refractivity contribution is 6.00. The van der Waals surface area contributed by atoms with E-state index < -0.39 is 0 Å². The van der Waals surface area contributed by atoms with Crippen molar-refractivity contribution in [3.63, 3.8) is 0 Å². The van der Waals surface area contributed by atoms with Gasteiger partial charge in [0.05, 0.1) is 12.3 Å². The van der Waals surface area contributed by atoms with Crippen LogP contribution in [0, 0.1) is 11.8 Å². The van der Waals surface area contributed by atoms with Crippen molar-refractivity contribution in [2.24, 2.45) is 11.8 Å². The standard InChI is InChI=1S/C14H19NO2/c1-9(2)8-17-13-6-5-11(7-12(13)15)14(16)10-3-4-10/h5-7,9-10H,3-4,8,15H2,1-2H3. The summed E-state index contributed by atoms with van der Waals surface area (Å²) in [4.78, 5) is 11.8. The van der Waals surface area contributed by atoms with E-state index in [1.165, 1.54) is 0 Å². The zero-order valence-electron chi connectivity index (χ0n) is 10.4. The van der Waals surface area contributed by atoms with Crippen LogP contribution in [0.25, 0.3) is 0 Å². The first-order valence-electron chi connectivity index (χ1n) is 6.14. The van der Waals surface area contributed by atoms with E-state index in [-0.39, 0.29) is 11.7 Å². The molecule has 1 saturated carbocycles. The fourth-order valence-corrected chi connectivity index (χ4v) is 1.67. The lowest BCUT2D eigenvalue weighted by Gasteiger charge is -2.11. The zero-order valence-corrected chi connectivity index (χ0v) is 10.4. The number of carbonyl (C=O) groups excluding carboxylic acids is 1. The second kappa shape index (κ2) is 4.78. The number of rotatable bonds is 5. The first-order valence-corrected chi connectivity index (χ1v) is 6.14. The number of hydrogen-bond donors (Lipinski definition) is 1. The molecule has 17 heavy (non-hydrogen) atoms. The molecule has 0 aromatic heterocycles. The normalized spacial score (nSPS) is 15.0. The van der Waals surface area contributed by atoms with Gasteiger partial charge in [0.25, 0.3) is 0 Å². The molecule has 0 unspecified atom stereocenters. The zero-order chi connectivity index (χ0) is 12.4. The van der Waals surface area contributed by atoms with Gasteiger partial charge in [0.2, 0.25) is 0 Å². The summed E-state index contributed by atoms with van der Waals surface area (Å²) in [7, 11) is 0. The van der Waals surface area contributed by atoms with Crippen LogP contribution in [0.4, 0.5) is 5.69 Å². The molecule has 0 heterocycles. The van der Waals surface area contributed by atoms with Crippen LogP contribution in [-0.4, -0.2) is 12.4 Å². The van der Waals surface area contributed by atoms with Gasteiger partial charge in [-0.3, -0.25) is 4.79 Å². The smallest absolute Gasteiger partial charge is 0.166 e. The molecule has 0 spiro atoms. The van der Waals surface area contributed by atoms with E-state index in [2.05, 4.69) is 13.8 Å². The van der Waals surface area contributed by atoms with Crippen molar-refractivity contribution in [3.8, 4) is 5.75 Å². The molecule has 0 atom stereocenters. The first-order chi connectivity index (χ1) is 8.08. The van der Waals surface area contributed by atoms with Crippen molar-refractivity contribution >= 4 is 11.5 Å². The third-order valence-electron chi connectivity index (χ3n) is 2.81. The Bertz CT molecular complexity index is 422. The van der Waals surface area contributed by atoms with Crippen LogP contribution in [-0.2, 0) is 0 Å². The van der Waals surface area contributed by atoms with Gasteiger partial charge in [-0.25, -0.2) is 0 Å². The molecular formula is C14H19NO2. The molecule has 92 valence electrons. The van der Waals surface area contributed by atoms with Crippen LogP contribution in [0.1, 0.15) is 37.0 Å². The van der Waals surface area contributed by atoms with Crippen LogP contribution >= 0.6 is 0 Å². The lowest BCUT2D eigenvalue weighted by atomic mass is 10.1. The minimum Gasteiger partial charge on any atom is -0.491 e. The van der Waals surface area contributed by atoms with Gasteiger partial charge in [0.1, 0.15) is 5.75 Å². The van der Waals surface area contributed by atoms with E-state index in [0.717, 1.165) is 12.8 Å². The minimum atomic E-state index is 0.215. The van der Waals surface area contributed by atoms with Gasteiger partial charge in [-0.1, -0.05) is 13.8 Å². The van der Waals surface area contributed by atoms with Gasteiger partial charge in [-0.2, -0.15) is 0 Å². The summed E-state index contributed by atoms with van der Waals surface area (Å²) in [5, 5.41) is 0. The predicted molar refractivity (Wildman–Crippen MR) is 68.2 cm³/mol. The average molecular weight is 233 g/mol. The highest BCUT2D eigenvalue weighted by Gasteiger charge is 2.30. The molecule has 2 N–H and O–H groups in total. The number of nitrogens with two attached hydrogens (primary N) is 1. The molecule has 0 radical (unpaired) electrons. The maximum Gasteiger partial charge on any atom is 0.166 e. The molecular weight excluding hydrogens is 214 g/mol. The molecule has 3 nitrogen and oxygen atoms in total. The van der Waals surface area contributed by atoms with Crippen molar-refractivity contribution < 1.29 is 9.53 Å². The number of Topliss-reactive ketones (excluding diaryl/α,β-unsaturated/α-hetero) is 1. The fraction of sp³-hybridized carbons (Fsp3) is 0.500. The number of carbonyl (C=O) groups is 1. The summed E-state index contributed by atoms with van der Waals surface area (Å²) in [5.41, 5.74) is 7.15. The molecule has 2 rings (SSSR count). The van der Waals surface area contributed by atoms with Crippen LogP contribution < -0.4 is 10.5 Å². The Kier molecular flexibility index (Phi) is 3.36. The summed E-state index contributed by atoms with van der Waals surface area (Å²) in [6, 6.07) is 5.34. The Morgan fingerprint density at radius 2 is 2.18 bits per heavy atom. The van der Waals surface area contributed by atoms with Crippen molar-refractivity contribution in [1.29, 1.82) is 0 Å². The number of ketones is 1. The third kappa shape index (κ3) is 2.99. The maximum atomic E-state index is 11.8. The Labute approximate surface area is 102 Å². The Hall–Kier alpha value is -1.51. The molecule has 1 aromatic rings. The summed E-state index contributed by atoms with van der Waals surface area (Å²) in [5.74, 6) is 1.58. The van der Waals surface area contributed by atoms with Crippen molar-refractivity contribution in [2.75, 3.05) is 12.3 Å². The number of ether oxygens (including phenoxy) is 1. The number of benzene rings is 1. The lowest BCUT2D eigenvalue weighted by molar-refractivity contribution is 0.0967. The Balaban J connectivity index is 2.08. The fourth-order valence-electron chi connectivity index (χ4n) is 1.67. The molecule has 0 aliphatic heterocycles. The van der Waals surface area contributed by atoms with Gasteiger partial charge >= 0.3 is 0 Å². The van der Waals surface area contributed by atoms with Crippen molar-refractivity contribution in [1.82, 2.24) is 0 Å². The van der Waals surface area contributed by atoms with Gasteiger partial charge in [0, 0.05) is 11.5 Å². The molecule has 0 amide bonds. The number of anilines is 1. The van der Waals surface area contributed by atoms with Gasteiger partial charge in [-0.05, 0) is 37.0 Å². The topological polar surface area (TPSA) is 52.3 Å². The van der Waals surface area contributed by atoms with Crippen molar-refractivity contribution in [2.45, 2.75) is 26.7 Å². The van der Waals surface area contributed by atoms with E-state index in [9.17, 15) is 4.79 Å².